The normalized spacial score (nSPS) is 15.7. The van der Waals surface area contributed by atoms with Crippen molar-refractivity contribution in [1.82, 2.24) is 5.32 Å². The molecule has 2 rings (SSSR count). The molecule has 0 aliphatic carbocycles. The molecular weight excluding hydrogens is 244 g/mol. The zero-order valence-corrected chi connectivity index (χ0v) is 9.04. The van der Waals surface area contributed by atoms with Gasteiger partial charge in [-0.2, -0.15) is 5.26 Å². The maximum absolute atomic E-state index is 8.93. The van der Waals surface area contributed by atoms with Crippen LogP contribution in [0.1, 0.15) is 5.56 Å². The largest absolute Gasteiger partial charge is 0.486 e. The first-order valence-corrected chi connectivity index (χ1v) is 5.16. The molecule has 1 heterocycles. The van der Waals surface area contributed by atoms with E-state index in [0.29, 0.717) is 11.3 Å². The lowest BCUT2D eigenvalue weighted by Crippen LogP contribution is -2.50. The molecule has 0 bridgehead atoms. The maximum Gasteiger partial charge on any atom is 0.138 e. The molecule has 0 saturated carbocycles. The van der Waals surface area contributed by atoms with Crippen LogP contribution in [0.4, 0.5) is 0 Å². The van der Waals surface area contributed by atoms with Crippen molar-refractivity contribution in [3.05, 3.63) is 28.2 Å². The first-order valence-electron chi connectivity index (χ1n) is 4.37. The van der Waals surface area contributed by atoms with Crippen LogP contribution >= 0.6 is 15.9 Å². The standard InChI is InChI=1S/C10H9BrN2O/c11-9-2-1-3-10(8(9)4-12)14-7-5-13-6-7/h1-3,7,13H,5-6H2. The molecule has 72 valence electrons. The van der Waals surface area contributed by atoms with E-state index in [0.717, 1.165) is 17.6 Å². The van der Waals surface area contributed by atoms with Gasteiger partial charge in [-0.1, -0.05) is 6.07 Å². The Morgan fingerprint density at radius 2 is 2.29 bits per heavy atom. The SMILES string of the molecule is N#Cc1c(Br)cccc1OC1CNC1. The highest BCUT2D eigenvalue weighted by Gasteiger charge is 2.20. The summed E-state index contributed by atoms with van der Waals surface area (Å²) in [5.41, 5.74) is 0.569. The second kappa shape index (κ2) is 3.99. The van der Waals surface area contributed by atoms with Crippen molar-refractivity contribution in [3.8, 4) is 11.8 Å². The molecule has 0 amide bonds. The van der Waals surface area contributed by atoms with Gasteiger partial charge in [-0.15, -0.1) is 0 Å². The minimum absolute atomic E-state index is 0.205. The van der Waals surface area contributed by atoms with Crippen molar-refractivity contribution < 1.29 is 4.74 Å². The van der Waals surface area contributed by atoms with Crippen molar-refractivity contribution in [2.75, 3.05) is 13.1 Å². The lowest BCUT2D eigenvalue weighted by atomic mass is 10.2. The third-order valence-electron chi connectivity index (χ3n) is 2.12. The molecule has 4 heteroatoms. The van der Waals surface area contributed by atoms with E-state index in [1.165, 1.54) is 0 Å². The van der Waals surface area contributed by atoms with Crippen LogP contribution in [0.5, 0.6) is 5.75 Å². The van der Waals surface area contributed by atoms with Gasteiger partial charge in [0.2, 0.25) is 0 Å². The zero-order chi connectivity index (χ0) is 9.97. The van der Waals surface area contributed by atoms with Gasteiger partial charge in [0.25, 0.3) is 0 Å². The van der Waals surface area contributed by atoms with Gasteiger partial charge in [0.1, 0.15) is 23.5 Å². The summed E-state index contributed by atoms with van der Waals surface area (Å²) in [4.78, 5) is 0. The Labute approximate surface area is 90.8 Å². The molecular formula is C10H9BrN2O. The second-order valence-corrected chi connectivity index (χ2v) is 3.98. The van der Waals surface area contributed by atoms with E-state index in [4.69, 9.17) is 10.00 Å². The van der Waals surface area contributed by atoms with Crippen molar-refractivity contribution in [2.24, 2.45) is 0 Å². The van der Waals surface area contributed by atoms with Gasteiger partial charge in [-0.25, -0.2) is 0 Å². The van der Waals surface area contributed by atoms with Crippen molar-refractivity contribution in [3.63, 3.8) is 0 Å². The van der Waals surface area contributed by atoms with Gasteiger partial charge in [-0.05, 0) is 28.1 Å². The van der Waals surface area contributed by atoms with E-state index in [9.17, 15) is 0 Å². The average Bonchev–Trinajstić information content (AvgIpc) is 2.11. The molecule has 0 spiro atoms. The number of ether oxygens (including phenoxy) is 1. The van der Waals surface area contributed by atoms with Gasteiger partial charge < -0.3 is 10.1 Å². The molecule has 3 nitrogen and oxygen atoms in total. The highest BCUT2D eigenvalue weighted by atomic mass is 79.9. The van der Waals surface area contributed by atoms with Crippen LogP contribution in [0.15, 0.2) is 22.7 Å². The predicted octanol–water partition coefficient (Wildman–Crippen LogP) is 1.67. The molecule has 1 fully saturated rings. The summed E-state index contributed by atoms with van der Waals surface area (Å²) in [6.45, 7) is 1.72. The van der Waals surface area contributed by atoms with E-state index in [2.05, 4.69) is 27.3 Å². The predicted molar refractivity (Wildman–Crippen MR) is 56.1 cm³/mol. The summed E-state index contributed by atoms with van der Waals surface area (Å²) in [5.74, 6) is 0.661. The number of rotatable bonds is 2. The van der Waals surface area contributed by atoms with Crippen LogP contribution in [-0.4, -0.2) is 19.2 Å². The summed E-state index contributed by atoms with van der Waals surface area (Å²) >= 11 is 3.32. The van der Waals surface area contributed by atoms with Crippen molar-refractivity contribution in [1.29, 1.82) is 5.26 Å². The van der Waals surface area contributed by atoms with E-state index in [1.807, 2.05) is 18.2 Å². The summed E-state index contributed by atoms with van der Waals surface area (Å²) < 4.78 is 6.42. The number of benzene rings is 1. The van der Waals surface area contributed by atoms with Crippen LogP contribution in [0, 0.1) is 11.3 Å². The third kappa shape index (κ3) is 1.74. The van der Waals surface area contributed by atoms with Gasteiger partial charge in [0.05, 0.1) is 0 Å². The second-order valence-electron chi connectivity index (χ2n) is 3.12. The van der Waals surface area contributed by atoms with E-state index in [1.54, 1.807) is 0 Å². The third-order valence-corrected chi connectivity index (χ3v) is 2.79. The van der Waals surface area contributed by atoms with Crippen molar-refractivity contribution >= 4 is 15.9 Å². The first-order chi connectivity index (χ1) is 6.81. The van der Waals surface area contributed by atoms with Gasteiger partial charge in [0, 0.05) is 17.6 Å². The van der Waals surface area contributed by atoms with Gasteiger partial charge in [-0.3, -0.25) is 0 Å². The number of nitrogens with zero attached hydrogens (tertiary/aromatic N) is 1. The highest BCUT2D eigenvalue weighted by molar-refractivity contribution is 9.10. The Morgan fingerprint density at radius 1 is 1.50 bits per heavy atom. The topological polar surface area (TPSA) is 45.0 Å². The van der Waals surface area contributed by atoms with E-state index >= 15 is 0 Å². The smallest absolute Gasteiger partial charge is 0.138 e. The number of hydrogen-bond acceptors (Lipinski definition) is 3. The lowest BCUT2D eigenvalue weighted by Gasteiger charge is -2.28. The Kier molecular flexibility index (Phi) is 2.71. The van der Waals surface area contributed by atoms with Crippen LogP contribution in [0.2, 0.25) is 0 Å². The van der Waals surface area contributed by atoms with E-state index in [-0.39, 0.29) is 6.10 Å². The fourth-order valence-corrected chi connectivity index (χ4v) is 1.67. The molecule has 1 aliphatic heterocycles. The summed E-state index contributed by atoms with van der Waals surface area (Å²) in [6, 6.07) is 7.65. The van der Waals surface area contributed by atoms with Crippen LogP contribution in [0.3, 0.4) is 0 Å². The molecule has 1 aliphatic rings. The Bertz CT molecular complexity index is 382. The Morgan fingerprint density at radius 3 is 2.86 bits per heavy atom. The fraction of sp³-hybridized carbons (Fsp3) is 0.300. The number of nitriles is 1. The molecule has 0 atom stereocenters. The molecule has 0 radical (unpaired) electrons. The fourth-order valence-electron chi connectivity index (χ4n) is 1.24. The molecule has 1 aromatic rings. The van der Waals surface area contributed by atoms with Crippen LogP contribution in [-0.2, 0) is 0 Å². The zero-order valence-electron chi connectivity index (χ0n) is 7.46. The molecule has 1 aromatic carbocycles. The van der Waals surface area contributed by atoms with Gasteiger partial charge >= 0.3 is 0 Å². The Balaban J connectivity index is 2.23. The molecule has 0 aromatic heterocycles. The highest BCUT2D eigenvalue weighted by Crippen LogP contribution is 2.26. The van der Waals surface area contributed by atoms with Crippen LogP contribution < -0.4 is 10.1 Å². The molecule has 0 unspecified atom stereocenters. The van der Waals surface area contributed by atoms with Crippen LogP contribution in [0.25, 0.3) is 0 Å². The average molecular weight is 253 g/mol. The quantitative estimate of drug-likeness (QED) is 0.871. The number of nitrogens with one attached hydrogen (secondary N) is 1. The summed E-state index contributed by atoms with van der Waals surface area (Å²) in [6.07, 6.45) is 0.205. The van der Waals surface area contributed by atoms with E-state index < -0.39 is 0 Å². The maximum atomic E-state index is 8.93. The first kappa shape index (κ1) is 9.50. The lowest BCUT2D eigenvalue weighted by molar-refractivity contribution is 0.142. The molecule has 1 saturated heterocycles. The number of halogens is 1. The molecule has 14 heavy (non-hydrogen) atoms. The minimum Gasteiger partial charge on any atom is -0.486 e. The summed E-state index contributed by atoms with van der Waals surface area (Å²) in [5, 5.41) is 12.0. The molecule has 1 N–H and O–H groups in total. The number of hydrogen-bond donors (Lipinski definition) is 1. The van der Waals surface area contributed by atoms with Crippen molar-refractivity contribution in [2.45, 2.75) is 6.10 Å². The minimum atomic E-state index is 0.205. The monoisotopic (exact) mass is 252 g/mol. The summed E-state index contributed by atoms with van der Waals surface area (Å²) in [7, 11) is 0. The van der Waals surface area contributed by atoms with Gasteiger partial charge in [0.15, 0.2) is 0 Å². The Hall–Kier alpha value is -1.05.